The Hall–Kier alpha value is -3.00. The maximum absolute atomic E-state index is 11.5. The number of nitriles is 2. The van der Waals surface area contributed by atoms with Gasteiger partial charge in [-0.2, -0.15) is 15.6 Å². The summed E-state index contributed by atoms with van der Waals surface area (Å²) in [6.45, 7) is 0. The van der Waals surface area contributed by atoms with Crippen LogP contribution in [-0.2, 0) is 0 Å². The van der Waals surface area contributed by atoms with Crippen molar-refractivity contribution in [2.24, 2.45) is 5.10 Å². The van der Waals surface area contributed by atoms with Gasteiger partial charge in [-0.1, -0.05) is 23.4 Å². The Bertz CT molecular complexity index is 866. The van der Waals surface area contributed by atoms with Crippen LogP contribution in [-0.4, -0.2) is 16.8 Å². The van der Waals surface area contributed by atoms with E-state index >= 15 is 0 Å². The summed E-state index contributed by atoms with van der Waals surface area (Å²) in [5.74, 6) is -1.10. The minimum Gasteiger partial charge on any atom is -0.478 e. The fraction of sp³-hybridized carbons (Fsp3) is 0. The molecular weight excluding hydrogens is 348 g/mol. The molecule has 0 amide bonds. The summed E-state index contributed by atoms with van der Waals surface area (Å²) in [6, 6.07) is 14.9. The molecule has 8 heteroatoms. The first-order chi connectivity index (χ1) is 11.5. The maximum atomic E-state index is 11.5. The second-order valence-electron chi connectivity index (χ2n) is 4.37. The predicted octanol–water partition coefficient (Wildman–Crippen LogP) is 4.00. The Morgan fingerprint density at radius 2 is 1.83 bits per heavy atom. The van der Waals surface area contributed by atoms with E-state index in [2.05, 4.69) is 10.5 Å². The van der Waals surface area contributed by atoms with Crippen LogP contribution < -0.4 is 5.43 Å². The van der Waals surface area contributed by atoms with E-state index in [1.165, 1.54) is 17.8 Å². The van der Waals surface area contributed by atoms with Crippen LogP contribution in [0.5, 0.6) is 0 Å². The summed E-state index contributed by atoms with van der Waals surface area (Å²) < 4.78 is 0. The number of nitrogens with zero attached hydrogens (tertiary/aromatic N) is 3. The first kappa shape index (κ1) is 17.4. The van der Waals surface area contributed by atoms with Gasteiger partial charge in [0.15, 0.2) is 0 Å². The Labute approximate surface area is 147 Å². The molecule has 0 atom stereocenters. The van der Waals surface area contributed by atoms with Crippen molar-refractivity contribution in [1.82, 2.24) is 0 Å². The van der Waals surface area contributed by atoms with Crippen molar-refractivity contribution >= 4 is 40.7 Å². The molecule has 2 N–H and O–H groups in total. The summed E-state index contributed by atoms with van der Waals surface area (Å²) in [4.78, 5) is 12.9. The lowest BCUT2D eigenvalue weighted by Gasteiger charge is -2.08. The quantitative estimate of drug-likeness (QED) is 0.618. The lowest BCUT2D eigenvalue weighted by Crippen LogP contribution is -2.02. The number of aromatic carboxylic acids is 1. The monoisotopic (exact) mass is 356 g/mol. The number of halogens is 1. The molecule has 0 heterocycles. The number of benzene rings is 2. The molecule has 0 saturated carbocycles. The third kappa shape index (κ3) is 4.50. The Balaban J connectivity index is 2.29. The first-order valence-corrected chi connectivity index (χ1v) is 7.67. The van der Waals surface area contributed by atoms with Crippen molar-refractivity contribution in [2.45, 2.75) is 9.79 Å². The highest BCUT2D eigenvalue weighted by atomic mass is 35.5. The number of hydrogen-bond acceptors (Lipinski definition) is 6. The molecule has 0 aliphatic carbocycles. The summed E-state index contributed by atoms with van der Waals surface area (Å²) in [7, 11) is 0. The van der Waals surface area contributed by atoms with Crippen LogP contribution in [0.4, 0.5) is 5.69 Å². The van der Waals surface area contributed by atoms with E-state index in [4.69, 9.17) is 22.1 Å². The zero-order chi connectivity index (χ0) is 17.5. The number of anilines is 1. The molecular formula is C16H9ClN4O2S. The van der Waals surface area contributed by atoms with Crippen molar-refractivity contribution in [3.05, 3.63) is 53.1 Å². The van der Waals surface area contributed by atoms with Crippen LogP contribution in [0.1, 0.15) is 10.4 Å². The van der Waals surface area contributed by atoms with Crippen molar-refractivity contribution in [2.75, 3.05) is 5.43 Å². The zero-order valence-corrected chi connectivity index (χ0v) is 13.6. The minimum atomic E-state index is -1.10. The van der Waals surface area contributed by atoms with Crippen molar-refractivity contribution in [1.29, 1.82) is 10.5 Å². The molecule has 118 valence electrons. The third-order valence-electron chi connectivity index (χ3n) is 2.76. The van der Waals surface area contributed by atoms with E-state index in [9.17, 15) is 9.90 Å². The van der Waals surface area contributed by atoms with E-state index in [0.717, 1.165) is 4.90 Å². The van der Waals surface area contributed by atoms with Crippen molar-refractivity contribution in [3.8, 4) is 12.1 Å². The van der Waals surface area contributed by atoms with Crippen LogP contribution in [0.2, 0.25) is 5.02 Å². The smallest absolute Gasteiger partial charge is 0.336 e. The number of nitrogens with one attached hydrogen (secondary N) is 1. The molecule has 0 fully saturated rings. The van der Waals surface area contributed by atoms with Gasteiger partial charge < -0.3 is 5.11 Å². The van der Waals surface area contributed by atoms with Gasteiger partial charge in [-0.05, 0) is 42.5 Å². The molecule has 0 aliphatic rings. The summed E-state index contributed by atoms with van der Waals surface area (Å²) >= 11 is 7.12. The Morgan fingerprint density at radius 1 is 1.17 bits per heavy atom. The van der Waals surface area contributed by atoms with Gasteiger partial charge in [-0.3, -0.25) is 5.43 Å². The van der Waals surface area contributed by atoms with Crippen molar-refractivity contribution < 1.29 is 9.90 Å². The minimum absolute atomic E-state index is 0.0746. The fourth-order valence-corrected chi connectivity index (χ4v) is 2.73. The predicted molar refractivity (Wildman–Crippen MR) is 91.3 cm³/mol. The van der Waals surface area contributed by atoms with Gasteiger partial charge in [-0.15, -0.1) is 0 Å². The standard InChI is InChI=1S/C16H9ClN4O2S/c17-10-1-4-13(5-2-10)24-15-6-3-11(7-14(15)16(22)23)20-21-12(8-18)9-19/h1-7,20H,(H,22,23). The van der Waals surface area contributed by atoms with Crippen LogP contribution in [0.3, 0.4) is 0 Å². The van der Waals surface area contributed by atoms with E-state index in [-0.39, 0.29) is 11.3 Å². The average molecular weight is 357 g/mol. The highest BCUT2D eigenvalue weighted by Crippen LogP contribution is 2.32. The molecule has 0 unspecified atom stereocenters. The summed E-state index contributed by atoms with van der Waals surface area (Å²) in [5.41, 5.74) is 2.57. The molecule has 0 spiro atoms. The van der Waals surface area contributed by atoms with E-state index in [1.807, 2.05) is 0 Å². The molecule has 2 aromatic rings. The van der Waals surface area contributed by atoms with Gasteiger partial charge in [0.05, 0.1) is 11.3 Å². The number of carboxylic acids is 1. The van der Waals surface area contributed by atoms with E-state index in [0.29, 0.717) is 15.6 Å². The second kappa shape index (κ2) is 8.02. The molecule has 0 saturated heterocycles. The molecule has 2 aromatic carbocycles. The van der Waals surface area contributed by atoms with Gasteiger partial charge >= 0.3 is 5.97 Å². The Morgan fingerprint density at radius 3 is 2.42 bits per heavy atom. The van der Waals surface area contributed by atoms with Gasteiger partial charge in [0.25, 0.3) is 0 Å². The summed E-state index contributed by atoms with van der Waals surface area (Å²) in [5, 5.41) is 30.8. The van der Waals surface area contributed by atoms with Crippen molar-refractivity contribution in [3.63, 3.8) is 0 Å². The normalized spacial score (nSPS) is 9.46. The maximum Gasteiger partial charge on any atom is 0.336 e. The number of hydrazone groups is 1. The van der Waals surface area contributed by atoms with Gasteiger partial charge in [-0.25, -0.2) is 4.79 Å². The van der Waals surface area contributed by atoms with Gasteiger partial charge in [0.1, 0.15) is 12.1 Å². The van der Waals surface area contributed by atoms with Gasteiger partial charge in [0.2, 0.25) is 5.71 Å². The van der Waals surface area contributed by atoms with E-state index < -0.39 is 5.97 Å². The highest BCUT2D eigenvalue weighted by Gasteiger charge is 2.12. The second-order valence-corrected chi connectivity index (χ2v) is 5.92. The molecule has 0 radical (unpaired) electrons. The molecule has 24 heavy (non-hydrogen) atoms. The zero-order valence-electron chi connectivity index (χ0n) is 12.0. The van der Waals surface area contributed by atoms with Crippen LogP contribution in [0.15, 0.2) is 57.4 Å². The summed E-state index contributed by atoms with van der Waals surface area (Å²) in [6.07, 6.45) is 0. The molecule has 0 aromatic heterocycles. The van der Waals surface area contributed by atoms with Crippen LogP contribution in [0.25, 0.3) is 0 Å². The van der Waals surface area contributed by atoms with Crippen LogP contribution in [0, 0.1) is 22.7 Å². The topological polar surface area (TPSA) is 109 Å². The van der Waals surface area contributed by atoms with E-state index in [1.54, 1.807) is 48.5 Å². The SMILES string of the molecule is N#CC(C#N)=NNc1ccc(Sc2ccc(Cl)cc2)c(C(=O)O)c1. The number of carbonyl (C=O) groups is 1. The fourth-order valence-electron chi connectivity index (χ4n) is 1.68. The highest BCUT2D eigenvalue weighted by molar-refractivity contribution is 7.99. The van der Waals surface area contributed by atoms with Crippen LogP contribution >= 0.6 is 23.4 Å². The lowest BCUT2D eigenvalue weighted by atomic mass is 10.2. The molecule has 0 aliphatic heterocycles. The number of hydrogen-bond donors (Lipinski definition) is 2. The molecule has 6 nitrogen and oxygen atoms in total. The number of carboxylic acid groups (broad SMARTS) is 1. The molecule has 0 bridgehead atoms. The average Bonchev–Trinajstić information content (AvgIpc) is 2.58. The first-order valence-electron chi connectivity index (χ1n) is 6.48. The third-order valence-corrected chi connectivity index (χ3v) is 4.10. The largest absolute Gasteiger partial charge is 0.478 e. The lowest BCUT2D eigenvalue weighted by molar-refractivity contribution is 0.0693. The Kier molecular flexibility index (Phi) is 5.80. The van der Waals surface area contributed by atoms with Gasteiger partial charge in [0, 0.05) is 14.8 Å². The number of rotatable bonds is 5. The molecule has 2 rings (SSSR count).